The average molecular weight is 281 g/mol. The van der Waals surface area contributed by atoms with Gasteiger partial charge >= 0.3 is 0 Å². The molecule has 3 aliphatic rings. The Morgan fingerprint density at radius 3 is 2.45 bits per heavy atom. The van der Waals surface area contributed by atoms with Crippen LogP contribution in [0.2, 0.25) is 0 Å². The largest absolute Gasteiger partial charge is 0.378 e. The molecule has 2 saturated heterocycles. The lowest BCUT2D eigenvalue weighted by Gasteiger charge is -2.51. The zero-order valence-electron chi connectivity index (χ0n) is 13.2. The van der Waals surface area contributed by atoms with Crippen molar-refractivity contribution >= 4 is 0 Å². The minimum Gasteiger partial charge on any atom is -0.378 e. The molecular formula is C16H31N3O. The minimum absolute atomic E-state index is 0.197. The van der Waals surface area contributed by atoms with Gasteiger partial charge in [0.2, 0.25) is 0 Å². The lowest BCUT2D eigenvalue weighted by molar-refractivity contribution is -0.0965. The van der Waals surface area contributed by atoms with Crippen molar-refractivity contribution in [3.05, 3.63) is 0 Å². The first-order chi connectivity index (χ1) is 9.64. The van der Waals surface area contributed by atoms with E-state index in [2.05, 4.69) is 23.6 Å². The Labute approximate surface area is 123 Å². The van der Waals surface area contributed by atoms with Gasteiger partial charge in [-0.1, -0.05) is 13.8 Å². The van der Waals surface area contributed by atoms with Crippen LogP contribution >= 0.6 is 0 Å². The molecule has 116 valence electrons. The van der Waals surface area contributed by atoms with Crippen LogP contribution < -0.4 is 5.73 Å². The summed E-state index contributed by atoms with van der Waals surface area (Å²) in [5, 5.41) is 0. The lowest BCUT2D eigenvalue weighted by Crippen LogP contribution is -2.63. The molecule has 3 fully saturated rings. The fourth-order valence-electron chi connectivity index (χ4n) is 3.97. The monoisotopic (exact) mass is 281 g/mol. The number of rotatable bonds is 4. The maximum atomic E-state index is 6.23. The van der Waals surface area contributed by atoms with Crippen LogP contribution in [0.15, 0.2) is 0 Å². The number of nitrogens with two attached hydrogens (primary N) is 1. The van der Waals surface area contributed by atoms with Crippen LogP contribution in [0.25, 0.3) is 0 Å². The highest BCUT2D eigenvalue weighted by atomic mass is 16.5. The predicted molar refractivity (Wildman–Crippen MR) is 81.8 cm³/mol. The van der Waals surface area contributed by atoms with E-state index in [0.29, 0.717) is 12.0 Å². The van der Waals surface area contributed by atoms with E-state index in [4.69, 9.17) is 10.5 Å². The Morgan fingerprint density at radius 2 is 1.90 bits per heavy atom. The van der Waals surface area contributed by atoms with Gasteiger partial charge in [-0.15, -0.1) is 0 Å². The van der Waals surface area contributed by atoms with Gasteiger partial charge in [0.15, 0.2) is 0 Å². The Kier molecular flexibility index (Phi) is 4.37. The summed E-state index contributed by atoms with van der Waals surface area (Å²) in [7, 11) is 0. The zero-order chi connectivity index (χ0) is 14.2. The molecule has 4 nitrogen and oxygen atoms in total. The van der Waals surface area contributed by atoms with E-state index in [-0.39, 0.29) is 5.54 Å². The van der Waals surface area contributed by atoms with E-state index in [1.807, 2.05) is 0 Å². The zero-order valence-corrected chi connectivity index (χ0v) is 13.2. The third-order valence-electron chi connectivity index (χ3n) is 5.65. The van der Waals surface area contributed by atoms with E-state index in [1.165, 1.54) is 39.0 Å². The fourth-order valence-corrected chi connectivity index (χ4v) is 3.97. The molecule has 2 atom stereocenters. The SMILES string of the molecule is CC(C)C1CC(CN)(N2CCN(C3CC3)CC2)CCO1. The molecule has 2 aliphatic heterocycles. The van der Waals surface area contributed by atoms with Gasteiger partial charge < -0.3 is 10.5 Å². The molecule has 0 aromatic carbocycles. The van der Waals surface area contributed by atoms with E-state index < -0.39 is 0 Å². The van der Waals surface area contributed by atoms with Crippen LogP contribution in [0.3, 0.4) is 0 Å². The topological polar surface area (TPSA) is 41.7 Å². The number of hydrogen-bond donors (Lipinski definition) is 1. The molecule has 2 unspecified atom stereocenters. The summed E-state index contributed by atoms with van der Waals surface area (Å²) in [6.07, 6.45) is 5.45. The van der Waals surface area contributed by atoms with Crippen molar-refractivity contribution in [1.29, 1.82) is 0 Å². The standard InChI is InChI=1S/C16H31N3O/c1-13(2)15-11-16(12-17,5-10-20-15)19-8-6-18(7-9-19)14-3-4-14/h13-15H,3-12,17H2,1-2H3. The second-order valence-electron chi connectivity index (χ2n) is 7.29. The predicted octanol–water partition coefficient (Wildman–Crippen LogP) is 1.30. The van der Waals surface area contributed by atoms with Gasteiger partial charge in [-0.25, -0.2) is 0 Å². The first-order valence-corrected chi connectivity index (χ1v) is 8.45. The van der Waals surface area contributed by atoms with Crippen molar-refractivity contribution in [2.75, 3.05) is 39.3 Å². The normalized spacial score (nSPS) is 37.5. The van der Waals surface area contributed by atoms with Crippen LogP contribution in [0.5, 0.6) is 0 Å². The molecule has 3 rings (SSSR count). The molecule has 4 heteroatoms. The van der Waals surface area contributed by atoms with Crippen molar-refractivity contribution in [1.82, 2.24) is 9.80 Å². The first kappa shape index (κ1) is 14.8. The molecule has 0 aromatic rings. The van der Waals surface area contributed by atoms with Crippen LogP contribution in [0.4, 0.5) is 0 Å². The summed E-state index contributed by atoms with van der Waals surface area (Å²) in [5.74, 6) is 0.592. The molecule has 0 bridgehead atoms. The van der Waals surface area contributed by atoms with Crippen LogP contribution in [-0.4, -0.2) is 66.8 Å². The highest BCUT2D eigenvalue weighted by Crippen LogP contribution is 2.35. The molecule has 1 saturated carbocycles. The number of hydrogen-bond acceptors (Lipinski definition) is 4. The van der Waals surface area contributed by atoms with Crippen LogP contribution in [0, 0.1) is 5.92 Å². The molecule has 0 amide bonds. The molecular weight excluding hydrogens is 250 g/mol. The third-order valence-corrected chi connectivity index (χ3v) is 5.65. The number of piperazine rings is 1. The second-order valence-corrected chi connectivity index (χ2v) is 7.29. The highest BCUT2D eigenvalue weighted by Gasteiger charge is 2.43. The highest BCUT2D eigenvalue weighted by molar-refractivity contribution is 4.99. The van der Waals surface area contributed by atoms with E-state index >= 15 is 0 Å². The lowest BCUT2D eigenvalue weighted by atomic mass is 9.81. The molecule has 1 aliphatic carbocycles. The van der Waals surface area contributed by atoms with E-state index in [9.17, 15) is 0 Å². The van der Waals surface area contributed by atoms with Gasteiger partial charge in [0.25, 0.3) is 0 Å². The maximum absolute atomic E-state index is 6.23. The first-order valence-electron chi connectivity index (χ1n) is 8.45. The molecule has 0 radical (unpaired) electrons. The third kappa shape index (κ3) is 2.89. The van der Waals surface area contributed by atoms with Crippen molar-refractivity contribution in [3.63, 3.8) is 0 Å². The average Bonchev–Trinajstić information content (AvgIpc) is 3.32. The summed E-state index contributed by atoms with van der Waals surface area (Å²) in [6, 6.07) is 0.907. The summed E-state index contributed by atoms with van der Waals surface area (Å²) < 4.78 is 5.96. The van der Waals surface area contributed by atoms with Gasteiger partial charge in [-0.2, -0.15) is 0 Å². The van der Waals surface area contributed by atoms with Crippen molar-refractivity contribution in [3.8, 4) is 0 Å². The van der Waals surface area contributed by atoms with Gasteiger partial charge in [-0.3, -0.25) is 9.80 Å². The molecule has 0 aromatic heterocycles. The molecule has 0 spiro atoms. The maximum Gasteiger partial charge on any atom is 0.0616 e. The van der Waals surface area contributed by atoms with E-state index in [1.54, 1.807) is 0 Å². The van der Waals surface area contributed by atoms with Gasteiger partial charge in [0.1, 0.15) is 0 Å². The van der Waals surface area contributed by atoms with Gasteiger partial charge in [-0.05, 0) is 31.6 Å². The van der Waals surface area contributed by atoms with E-state index in [0.717, 1.165) is 32.0 Å². The number of ether oxygens (including phenoxy) is 1. The summed E-state index contributed by atoms with van der Waals surface area (Å²) in [6.45, 7) is 11.0. The quantitative estimate of drug-likeness (QED) is 0.843. The Morgan fingerprint density at radius 1 is 1.20 bits per heavy atom. The molecule has 20 heavy (non-hydrogen) atoms. The Balaban J connectivity index is 1.62. The smallest absolute Gasteiger partial charge is 0.0616 e. The summed E-state index contributed by atoms with van der Waals surface area (Å²) in [5.41, 5.74) is 6.42. The van der Waals surface area contributed by atoms with Crippen molar-refractivity contribution in [2.45, 2.75) is 57.2 Å². The van der Waals surface area contributed by atoms with Gasteiger partial charge in [0.05, 0.1) is 6.10 Å². The second kappa shape index (κ2) is 5.91. The van der Waals surface area contributed by atoms with Crippen molar-refractivity contribution in [2.24, 2.45) is 11.7 Å². The van der Waals surface area contributed by atoms with Gasteiger partial charge in [0, 0.05) is 50.9 Å². The number of nitrogens with zero attached hydrogens (tertiary/aromatic N) is 2. The van der Waals surface area contributed by atoms with Crippen LogP contribution in [0.1, 0.15) is 39.5 Å². The fraction of sp³-hybridized carbons (Fsp3) is 1.00. The summed E-state index contributed by atoms with van der Waals surface area (Å²) >= 11 is 0. The van der Waals surface area contributed by atoms with Crippen LogP contribution in [-0.2, 0) is 4.74 Å². The molecule has 2 heterocycles. The van der Waals surface area contributed by atoms with Crippen molar-refractivity contribution < 1.29 is 4.74 Å². The molecule has 2 N–H and O–H groups in total. The Bertz CT molecular complexity index is 324. The Hall–Kier alpha value is -0.160. The summed E-state index contributed by atoms with van der Waals surface area (Å²) in [4.78, 5) is 5.36. The minimum atomic E-state index is 0.197.